The number of carboxylic acids is 1. The van der Waals surface area contributed by atoms with Crippen molar-refractivity contribution < 1.29 is 14.7 Å². The smallest absolute Gasteiger partial charge is 0.326 e. The van der Waals surface area contributed by atoms with Gasteiger partial charge < -0.3 is 10.4 Å². The zero-order valence-corrected chi connectivity index (χ0v) is 12.0. The molecule has 0 heterocycles. The Morgan fingerprint density at radius 3 is 2.42 bits per heavy atom. The molecule has 5 heteroatoms. The maximum absolute atomic E-state index is 11.9. The van der Waals surface area contributed by atoms with Crippen molar-refractivity contribution in [1.29, 1.82) is 0 Å². The molecule has 1 rings (SSSR count). The predicted molar refractivity (Wildman–Crippen MR) is 76.6 cm³/mol. The molecule has 0 radical (unpaired) electrons. The molecule has 0 bridgehead atoms. The first-order chi connectivity index (χ1) is 9.08. The summed E-state index contributed by atoms with van der Waals surface area (Å²) in [4.78, 5) is 24.1. The highest BCUT2D eigenvalue weighted by Crippen LogP contribution is 2.15. The van der Waals surface area contributed by atoms with Crippen LogP contribution >= 0.6 is 11.8 Å². The summed E-state index contributed by atoms with van der Waals surface area (Å²) < 4.78 is 0. The summed E-state index contributed by atoms with van der Waals surface area (Å²) in [6.07, 6.45) is 4.10. The molecule has 1 aromatic carbocycles. The summed E-state index contributed by atoms with van der Waals surface area (Å²) in [5.74, 6) is -1.32. The van der Waals surface area contributed by atoms with Crippen molar-refractivity contribution in [3.63, 3.8) is 0 Å². The molecular formula is C14H19NO3S. The normalized spacial score (nSPS) is 11.9. The van der Waals surface area contributed by atoms with Crippen molar-refractivity contribution >= 4 is 23.6 Å². The highest BCUT2D eigenvalue weighted by Gasteiger charge is 2.19. The predicted octanol–water partition coefficient (Wildman–Crippen LogP) is 2.78. The number of carbonyl (C=O) groups is 2. The fraction of sp³-hybridized carbons (Fsp3) is 0.429. The van der Waals surface area contributed by atoms with Gasteiger partial charge in [-0.05, 0) is 36.9 Å². The number of thioether (sulfide) groups is 1. The Morgan fingerprint density at radius 1 is 1.32 bits per heavy atom. The number of hydrogen-bond donors (Lipinski definition) is 2. The van der Waals surface area contributed by atoms with Crippen LogP contribution in [0.15, 0.2) is 29.2 Å². The van der Waals surface area contributed by atoms with Crippen molar-refractivity contribution in [2.24, 2.45) is 0 Å². The van der Waals surface area contributed by atoms with E-state index in [0.29, 0.717) is 12.0 Å². The summed E-state index contributed by atoms with van der Waals surface area (Å²) in [6, 6.07) is 6.30. The van der Waals surface area contributed by atoms with E-state index in [9.17, 15) is 9.59 Å². The van der Waals surface area contributed by atoms with Gasteiger partial charge in [0.15, 0.2) is 0 Å². The Labute approximate surface area is 117 Å². The summed E-state index contributed by atoms with van der Waals surface area (Å²) in [7, 11) is 0. The van der Waals surface area contributed by atoms with Crippen LogP contribution in [0.25, 0.3) is 0 Å². The molecule has 1 aromatic rings. The van der Waals surface area contributed by atoms with Crippen LogP contribution in [0.2, 0.25) is 0 Å². The van der Waals surface area contributed by atoms with Gasteiger partial charge in [-0.1, -0.05) is 19.8 Å². The molecule has 0 aromatic heterocycles. The van der Waals surface area contributed by atoms with E-state index in [0.717, 1.165) is 17.7 Å². The maximum Gasteiger partial charge on any atom is 0.326 e. The zero-order chi connectivity index (χ0) is 14.3. The van der Waals surface area contributed by atoms with E-state index in [2.05, 4.69) is 5.32 Å². The van der Waals surface area contributed by atoms with Gasteiger partial charge in [0.05, 0.1) is 0 Å². The summed E-state index contributed by atoms with van der Waals surface area (Å²) in [5.41, 5.74) is 0.487. The van der Waals surface area contributed by atoms with E-state index < -0.39 is 12.0 Å². The van der Waals surface area contributed by atoms with E-state index in [1.807, 2.05) is 25.3 Å². The molecule has 0 saturated heterocycles. The monoisotopic (exact) mass is 281 g/mol. The van der Waals surface area contributed by atoms with Gasteiger partial charge in [0.25, 0.3) is 5.91 Å². The number of hydrogen-bond acceptors (Lipinski definition) is 3. The number of rotatable bonds is 7. The molecule has 0 unspecified atom stereocenters. The lowest BCUT2D eigenvalue weighted by molar-refractivity contribution is -0.139. The molecule has 0 saturated carbocycles. The first kappa shape index (κ1) is 15.6. The van der Waals surface area contributed by atoms with Crippen LogP contribution in [-0.2, 0) is 4.79 Å². The number of amides is 1. The van der Waals surface area contributed by atoms with Crippen LogP contribution in [0.3, 0.4) is 0 Å². The first-order valence-corrected chi connectivity index (χ1v) is 7.48. The van der Waals surface area contributed by atoms with Gasteiger partial charge in [-0.2, -0.15) is 0 Å². The topological polar surface area (TPSA) is 66.4 Å². The van der Waals surface area contributed by atoms with Gasteiger partial charge >= 0.3 is 5.97 Å². The molecule has 104 valence electrons. The molecule has 0 aliphatic rings. The van der Waals surface area contributed by atoms with Gasteiger partial charge in [-0.25, -0.2) is 4.79 Å². The molecule has 4 nitrogen and oxygen atoms in total. The van der Waals surface area contributed by atoms with Crippen LogP contribution in [0.1, 0.15) is 36.5 Å². The maximum atomic E-state index is 11.9. The number of nitrogens with one attached hydrogen (secondary N) is 1. The highest BCUT2D eigenvalue weighted by molar-refractivity contribution is 7.98. The summed E-state index contributed by atoms with van der Waals surface area (Å²) in [6.45, 7) is 1.99. The lowest BCUT2D eigenvalue weighted by Gasteiger charge is -2.14. The second-order valence-corrected chi connectivity index (χ2v) is 5.11. The first-order valence-electron chi connectivity index (χ1n) is 6.26. The van der Waals surface area contributed by atoms with E-state index in [1.54, 1.807) is 23.9 Å². The average molecular weight is 281 g/mol. The van der Waals surface area contributed by atoms with Crippen LogP contribution < -0.4 is 5.32 Å². The largest absolute Gasteiger partial charge is 0.480 e. The van der Waals surface area contributed by atoms with E-state index in [-0.39, 0.29) is 5.91 Å². The molecule has 0 aliphatic carbocycles. The fourth-order valence-electron chi connectivity index (χ4n) is 1.65. The van der Waals surface area contributed by atoms with E-state index in [4.69, 9.17) is 5.11 Å². The van der Waals surface area contributed by atoms with Gasteiger partial charge in [0, 0.05) is 10.5 Å². The van der Waals surface area contributed by atoms with Crippen molar-refractivity contribution in [3.8, 4) is 0 Å². The second kappa shape index (κ2) is 7.84. The molecule has 1 atom stereocenters. The third-order valence-electron chi connectivity index (χ3n) is 2.80. The summed E-state index contributed by atoms with van der Waals surface area (Å²) in [5, 5.41) is 11.6. The average Bonchev–Trinajstić information content (AvgIpc) is 2.43. The second-order valence-electron chi connectivity index (χ2n) is 4.24. The number of carbonyl (C=O) groups excluding carboxylic acids is 1. The Hall–Kier alpha value is -1.49. The van der Waals surface area contributed by atoms with Crippen LogP contribution in [0.5, 0.6) is 0 Å². The zero-order valence-electron chi connectivity index (χ0n) is 11.2. The van der Waals surface area contributed by atoms with Gasteiger partial charge in [-0.15, -0.1) is 11.8 Å². The minimum atomic E-state index is -0.984. The molecule has 2 N–H and O–H groups in total. The Kier molecular flexibility index (Phi) is 6.42. The Bertz CT molecular complexity index is 431. The van der Waals surface area contributed by atoms with Crippen LogP contribution in [0.4, 0.5) is 0 Å². The van der Waals surface area contributed by atoms with Gasteiger partial charge in [-0.3, -0.25) is 4.79 Å². The quantitative estimate of drug-likeness (QED) is 0.754. The Balaban J connectivity index is 2.67. The van der Waals surface area contributed by atoms with Crippen molar-refractivity contribution in [2.75, 3.05) is 6.26 Å². The number of benzene rings is 1. The highest BCUT2D eigenvalue weighted by atomic mass is 32.2. The fourth-order valence-corrected chi connectivity index (χ4v) is 2.06. The van der Waals surface area contributed by atoms with Crippen molar-refractivity contribution in [3.05, 3.63) is 29.8 Å². The van der Waals surface area contributed by atoms with Gasteiger partial charge in [0.2, 0.25) is 0 Å². The van der Waals surface area contributed by atoms with Crippen molar-refractivity contribution in [2.45, 2.75) is 37.1 Å². The number of aliphatic carboxylic acids is 1. The molecule has 0 spiro atoms. The lowest BCUT2D eigenvalue weighted by atomic mass is 10.1. The Morgan fingerprint density at radius 2 is 1.95 bits per heavy atom. The molecular weight excluding hydrogens is 262 g/mol. The standard InChI is InChI=1S/C14H19NO3S/c1-3-4-5-12(14(17)18)15-13(16)10-6-8-11(19-2)9-7-10/h6-9,12H,3-5H2,1-2H3,(H,15,16)(H,17,18)/t12-/m0/s1. The van der Waals surface area contributed by atoms with Crippen LogP contribution in [-0.4, -0.2) is 29.3 Å². The van der Waals surface area contributed by atoms with Gasteiger partial charge in [0.1, 0.15) is 6.04 Å². The SMILES string of the molecule is CCCC[C@H](NC(=O)c1ccc(SC)cc1)C(=O)O. The molecule has 0 fully saturated rings. The van der Waals surface area contributed by atoms with Crippen molar-refractivity contribution in [1.82, 2.24) is 5.32 Å². The molecule has 19 heavy (non-hydrogen) atoms. The minimum Gasteiger partial charge on any atom is -0.480 e. The van der Waals surface area contributed by atoms with E-state index in [1.165, 1.54) is 0 Å². The molecule has 0 aliphatic heterocycles. The minimum absolute atomic E-state index is 0.337. The third-order valence-corrected chi connectivity index (χ3v) is 3.55. The van der Waals surface area contributed by atoms with Crippen LogP contribution in [0, 0.1) is 0 Å². The third kappa shape index (κ3) is 4.95. The number of unbranched alkanes of at least 4 members (excludes halogenated alkanes) is 1. The molecule has 1 amide bonds. The lowest BCUT2D eigenvalue weighted by Crippen LogP contribution is -2.40. The number of carboxylic acid groups (broad SMARTS) is 1. The van der Waals surface area contributed by atoms with E-state index >= 15 is 0 Å². The summed E-state index contributed by atoms with van der Waals surface area (Å²) >= 11 is 1.59.